The van der Waals surface area contributed by atoms with E-state index in [-0.39, 0.29) is 24.7 Å². The number of nitrogens with one attached hydrogen (secondary N) is 3. The second kappa shape index (κ2) is 15.8. The maximum atomic E-state index is 13.6. The van der Waals surface area contributed by atoms with E-state index in [0.717, 1.165) is 23.8 Å². The number of para-hydroxylation sites is 1. The third-order valence-electron chi connectivity index (χ3n) is 6.91. The lowest BCUT2D eigenvalue weighted by Gasteiger charge is -2.33. The Kier molecular flexibility index (Phi) is 12.2. The molecule has 3 atom stereocenters. The number of amides is 5. The number of rotatable bonds is 14. The van der Waals surface area contributed by atoms with Gasteiger partial charge in [0.15, 0.2) is 0 Å². The van der Waals surface area contributed by atoms with E-state index >= 15 is 0 Å². The van der Waals surface area contributed by atoms with E-state index in [0.29, 0.717) is 12.1 Å². The third-order valence-corrected chi connectivity index (χ3v) is 6.91. The van der Waals surface area contributed by atoms with Crippen molar-refractivity contribution in [1.29, 1.82) is 0 Å². The highest BCUT2D eigenvalue weighted by molar-refractivity contribution is 5.99. The zero-order valence-electron chi connectivity index (χ0n) is 25.9. The number of hydrogen-bond donors (Lipinski definition) is 5. The number of urea groups is 1. The number of aliphatic hydroxyl groups excluding tert-OH is 1. The fourth-order valence-electron chi connectivity index (χ4n) is 4.65. The number of primary amides is 1. The van der Waals surface area contributed by atoms with Gasteiger partial charge < -0.3 is 31.7 Å². The fraction of sp³-hybridized carbons (Fsp3) is 0.424. The zero-order chi connectivity index (χ0) is 32.3. The van der Waals surface area contributed by atoms with E-state index in [4.69, 9.17) is 5.73 Å². The molecule has 0 bridgehead atoms. The average Bonchev–Trinajstić information content (AvgIpc) is 2.97. The second-order valence-corrected chi connectivity index (χ2v) is 11.9. The molecule has 0 saturated carbocycles. The first-order valence-electron chi connectivity index (χ1n) is 14.9. The summed E-state index contributed by atoms with van der Waals surface area (Å²) >= 11 is 0. The van der Waals surface area contributed by atoms with Gasteiger partial charge in [-0.15, -0.1) is 0 Å². The highest BCUT2D eigenvalue weighted by Crippen LogP contribution is 2.13. The van der Waals surface area contributed by atoms with Crippen LogP contribution in [0.2, 0.25) is 0 Å². The number of fused-ring (bicyclic) bond motifs is 1. The predicted octanol–water partition coefficient (Wildman–Crippen LogP) is 2.91. The van der Waals surface area contributed by atoms with Crippen molar-refractivity contribution >= 4 is 34.7 Å². The summed E-state index contributed by atoms with van der Waals surface area (Å²) in [4.78, 5) is 57.6. The maximum absolute atomic E-state index is 13.6. The molecule has 0 saturated heterocycles. The van der Waals surface area contributed by atoms with Crippen LogP contribution in [0, 0.1) is 0 Å². The summed E-state index contributed by atoms with van der Waals surface area (Å²) in [7, 11) is 0. The average molecular weight is 605 g/mol. The molecule has 11 heteroatoms. The molecule has 2 aromatic carbocycles. The molecule has 11 nitrogen and oxygen atoms in total. The van der Waals surface area contributed by atoms with Crippen LogP contribution >= 0.6 is 0 Å². The largest absolute Gasteiger partial charge is 0.389 e. The van der Waals surface area contributed by atoms with Crippen molar-refractivity contribution < 1.29 is 24.3 Å². The van der Waals surface area contributed by atoms with Crippen molar-refractivity contribution in [2.24, 2.45) is 5.73 Å². The van der Waals surface area contributed by atoms with Crippen molar-refractivity contribution in [1.82, 2.24) is 25.8 Å². The van der Waals surface area contributed by atoms with Gasteiger partial charge in [-0.05, 0) is 51.3 Å². The Morgan fingerprint density at radius 3 is 2.30 bits per heavy atom. The molecular formula is C33H44N6O5. The highest BCUT2D eigenvalue weighted by Gasteiger charge is 2.31. The Balaban J connectivity index is 1.82. The first kappa shape index (κ1) is 34.0. The first-order chi connectivity index (χ1) is 20.9. The fourth-order valence-corrected chi connectivity index (χ4v) is 4.65. The Morgan fingerprint density at radius 1 is 0.955 bits per heavy atom. The molecule has 236 valence electrons. The summed E-state index contributed by atoms with van der Waals surface area (Å²) in [6.45, 7) is 8.00. The van der Waals surface area contributed by atoms with Gasteiger partial charge in [-0.25, -0.2) is 9.78 Å². The molecule has 6 N–H and O–H groups in total. The number of nitrogens with two attached hydrogens (primary N) is 1. The van der Waals surface area contributed by atoms with E-state index in [2.05, 4.69) is 20.9 Å². The monoisotopic (exact) mass is 604 g/mol. The molecule has 0 aliphatic carbocycles. The number of nitrogens with zero attached hydrogens (tertiary/aromatic N) is 2. The molecule has 2 unspecified atom stereocenters. The SMILES string of the molecule is CCCCN(CC(O)[C@H](Cc1ccccc1)NC(=O)C(CC(N)=O)NC(=O)c1ccc2ccccc2n1)C(=O)NC(C)(C)C. The summed E-state index contributed by atoms with van der Waals surface area (Å²) in [6.07, 6.45) is 0.180. The molecule has 3 aromatic rings. The van der Waals surface area contributed by atoms with Crippen molar-refractivity contribution in [3.63, 3.8) is 0 Å². The number of aliphatic hydroxyl groups is 1. The summed E-state index contributed by atoms with van der Waals surface area (Å²) in [5.74, 6) is -2.14. The van der Waals surface area contributed by atoms with Gasteiger partial charge in [0.2, 0.25) is 11.8 Å². The minimum atomic E-state index is -1.32. The molecule has 44 heavy (non-hydrogen) atoms. The van der Waals surface area contributed by atoms with Crippen molar-refractivity contribution in [3.05, 3.63) is 78.0 Å². The molecule has 0 aliphatic rings. The quantitative estimate of drug-likeness (QED) is 0.190. The third kappa shape index (κ3) is 10.6. The summed E-state index contributed by atoms with van der Waals surface area (Å²) in [5.41, 5.74) is 6.48. The van der Waals surface area contributed by atoms with Gasteiger partial charge in [0.25, 0.3) is 5.91 Å². The van der Waals surface area contributed by atoms with Crippen LogP contribution in [0.1, 0.15) is 63.0 Å². The predicted molar refractivity (Wildman–Crippen MR) is 170 cm³/mol. The number of benzene rings is 2. The van der Waals surface area contributed by atoms with Gasteiger partial charge in [0, 0.05) is 17.5 Å². The van der Waals surface area contributed by atoms with Gasteiger partial charge in [0.05, 0.1) is 30.6 Å². The van der Waals surface area contributed by atoms with E-state index in [1.165, 1.54) is 11.0 Å². The number of pyridine rings is 1. The van der Waals surface area contributed by atoms with Gasteiger partial charge in [-0.1, -0.05) is 67.9 Å². The smallest absolute Gasteiger partial charge is 0.317 e. The highest BCUT2D eigenvalue weighted by atomic mass is 16.3. The maximum Gasteiger partial charge on any atom is 0.317 e. The lowest BCUT2D eigenvalue weighted by molar-refractivity contribution is -0.128. The minimum Gasteiger partial charge on any atom is -0.389 e. The number of aromatic nitrogens is 1. The Hall–Kier alpha value is -4.51. The van der Waals surface area contributed by atoms with E-state index in [1.54, 1.807) is 18.2 Å². The van der Waals surface area contributed by atoms with E-state index in [1.807, 2.05) is 70.2 Å². The van der Waals surface area contributed by atoms with Crippen molar-refractivity contribution in [2.45, 2.75) is 77.1 Å². The molecular weight excluding hydrogens is 560 g/mol. The van der Waals surface area contributed by atoms with Crippen molar-refractivity contribution in [2.75, 3.05) is 13.1 Å². The second-order valence-electron chi connectivity index (χ2n) is 11.9. The van der Waals surface area contributed by atoms with Gasteiger partial charge in [-0.2, -0.15) is 0 Å². The van der Waals surface area contributed by atoms with Crippen LogP contribution in [-0.4, -0.2) is 75.6 Å². The zero-order valence-corrected chi connectivity index (χ0v) is 25.9. The van der Waals surface area contributed by atoms with E-state index < -0.39 is 47.9 Å². The molecule has 0 fully saturated rings. The molecule has 0 aliphatic heterocycles. The number of carbonyl (C=O) groups is 4. The van der Waals surface area contributed by atoms with Crippen LogP contribution in [-0.2, 0) is 16.0 Å². The topological polar surface area (TPSA) is 167 Å². The van der Waals surface area contributed by atoms with Crippen LogP contribution in [0.5, 0.6) is 0 Å². The lowest BCUT2D eigenvalue weighted by atomic mass is 9.99. The first-order valence-corrected chi connectivity index (χ1v) is 14.9. The standard InChI is InChI=1S/C33H44N6O5/c1-5-6-18-39(32(44)38-33(2,3)4)21-28(40)26(19-22-12-8-7-9-13-22)36-31(43)27(20-29(34)41)37-30(42)25-17-16-23-14-10-11-15-24(23)35-25/h7-17,26-28,40H,5-6,18-21H2,1-4H3,(H2,34,41)(H,36,43)(H,37,42)(H,38,44)/t26-,27?,28?/m0/s1. The Morgan fingerprint density at radius 2 is 1.64 bits per heavy atom. The van der Waals surface area contributed by atoms with Crippen LogP contribution in [0.3, 0.4) is 0 Å². The molecule has 5 amide bonds. The Bertz CT molecular complexity index is 1420. The van der Waals surface area contributed by atoms with Crippen LogP contribution < -0.4 is 21.7 Å². The Labute approximate surface area is 258 Å². The van der Waals surface area contributed by atoms with E-state index in [9.17, 15) is 24.3 Å². The van der Waals surface area contributed by atoms with Gasteiger partial charge >= 0.3 is 6.03 Å². The summed E-state index contributed by atoms with van der Waals surface area (Å²) < 4.78 is 0. The normalized spacial score (nSPS) is 13.4. The molecule has 1 aromatic heterocycles. The lowest BCUT2D eigenvalue weighted by Crippen LogP contribution is -2.57. The van der Waals surface area contributed by atoms with Gasteiger partial charge in [0.1, 0.15) is 11.7 Å². The summed E-state index contributed by atoms with van der Waals surface area (Å²) in [5, 5.41) is 20.6. The number of hydrogen-bond acceptors (Lipinski definition) is 6. The molecule has 0 radical (unpaired) electrons. The molecule has 3 rings (SSSR count). The number of unbranched alkanes of at least 4 members (excludes halogenated alkanes) is 1. The number of carbonyl (C=O) groups excluding carboxylic acids is 4. The van der Waals surface area contributed by atoms with Crippen LogP contribution in [0.25, 0.3) is 10.9 Å². The van der Waals surface area contributed by atoms with Crippen LogP contribution in [0.15, 0.2) is 66.7 Å². The van der Waals surface area contributed by atoms with Crippen LogP contribution in [0.4, 0.5) is 4.79 Å². The minimum absolute atomic E-state index is 0.0481. The molecule has 0 spiro atoms. The summed E-state index contributed by atoms with van der Waals surface area (Å²) in [6, 6.07) is 17.3. The van der Waals surface area contributed by atoms with Gasteiger partial charge in [-0.3, -0.25) is 14.4 Å². The van der Waals surface area contributed by atoms with Crippen molar-refractivity contribution in [3.8, 4) is 0 Å². The molecule has 1 heterocycles.